The Labute approximate surface area is 185 Å². The van der Waals surface area contributed by atoms with Crippen LogP contribution in [-0.2, 0) is 4.79 Å². The van der Waals surface area contributed by atoms with Gasteiger partial charge in [-0.2, -0.15) is 13.2 Å². The molecule has 2 aromatic rings. The van der Waals surface area contributed by atoms with Gasteiger partial charge in [0, 0.05) is 30.0 Å². The zero-order chi connectivity index (χ0) is 22.9. The minimum atomic E-state index is -4.15. The first-order valence-electron chi connectivity index (χ1n) is 10.8. The summed E-state index contributed by atoms with van der Waals surface area (Å²) in [5.74, 6) is -1.10. The Morgan fingerprint density at radius 1 is 1.16 bits per heavy atom. The number of likely N-dealkylation sites (tertiary alicyclic amines) is 1. The maximum atomic E-state index is 12.8. The van der Waals surface area contributed by atoms with E-state index in [1.807, 2.05) is 19.2 Å². The Morgan fingerprint density at radius 3 is 2.62 bits per heavy atom. The number of pyridine rings is 1. The van der Waals surface area contributed by atoms with Crippen molar-refractivity contribution in [3.05, 3.63) is 53.9 Å². The van der Waals surface area contributed by atoms with Crippen LogP contribution in [0.2, 0.25) is 0 Å². The highest BCUT2D eigenvalue weighted by Gasteiger charge is 2.41. The molecule has 1 aromatic heterocycles. The summed E-state index contributed by atoms with van der Waals surface area (Å²) in [5.41, 5.74) is 3.42. The van der Waals surface area contributed by atoms with Crippen LogP contribution in [0.3, 0.4) is 0 Å². The maximum Gasteiger partial charge on any atom is 0.391 e. The number of halogens is 3. The average Bonchev–Trinajstić information content (AvgIpc) is 2.75. The molecule has 8 heteroatoms. The summed E-state index contributed by atoms with van der Waals surface area (Å²) >= 11 is 0. The summed E-state index contributed by atoms with van der Waals surface area (Å²) in [7, 11) is 2.04. The van der Waals surface area contributed by atoms with Crippen LogP contribution >= 0.6 is 0 Å². The van der Waals surface area contributed by atoms with Crippen molar-refractivity contribution in [1.82, 2.24) is 14.8 Å². The lowest BCUT2D eigenvalue weighted by Crippen LogP contribution is -2.42. The summed E-state index contributed by atoms with van der Waals surface area (Å²) in [6.07, 6.45) is 2.88. The normalized spacial score (nSPS) is 18.5. The van der Waals surface area contributed by atoms with Gasteiger partial charge in [-0.3, -0.25) is 9.69 Å². The van der Waals surface area contributed by atoms with Crippen LogP contribution in [0.4, 0.5) is 19.0 Å². The number of hydrogen-bond acceptors (Lipinski definition) is 4. The van der Waals surface area contributed by atoms with Gasteiger partial charge in [0.05, 0.1) is 12.5 Å². The molecule has 32 heavy (non-hydrogen) atoms. The molecule has 0 atom stereocenters. The third-order valence-electron chi connectivity index (χ3n) is 6.32. The molecule has 1 aromatic carbocycles. The molecule has 0 aliphatic carbocycles. The average molecular weight is 445 g/mol. The van der Waals surface area contributed by atoms with Crippen LogP contribution in [0.15, 0.2) is 48.3 Å². The minimum Gasteiger partial charge on any atom is -0.349 e. The van der Waals surface area contributed by atoms with Gasteiger partial charge >= 0.3 is 6.18 Å². The molecule has 0 radical (unpaired) electrons. The van der Waals surface area contributed by atoms with E-state index in [4.69, 9.17) is 0 Å². The van der Waals surface area contributed by atoms with Gasteiger partial charge in [0.15, 0.2) is 0 Å². The van der Waals surface area contributed by atoms with Crippen molar-refractivity contribution >= 4 is 28.2 Å². The largest absolute Gasteiger partial charge is 0.391 e. The first kappa shape index (κ1) is 22.3. The van der Waals surface area contributed by atoms with Gasteiger partial charge in [0.1, 0.15) is 5.82 Å². The van der Waals surface area contributed by atoms with Crippen molar-refractivity contribution in [1.29, 1.82) is 0 Å². The molecule has 0 saturated carbocycles. The summed E-state index contributed by atoms with van der Waals surface area (Å²) in [6.45, 7) is 2.68. The highest BCUT2D eigenvalue weighted by molar-refractivity contribution is 5.94. The highest BCUT2D eigenvalue weighted by Crippen LogP contribution is 2.34. The summed E-state index contributed by atoms with van der Waals surface area (Å²) in [6, 6.07) is 7.98. The van der Waals surface area contributed by atoms with Crippen molar-refractivity contribution < 1.29 is 18.0 Å². The third kappa shape index (κ3) is 4.96. The lowest BCUT2D eigenvalue weighted by molar-refractivity contribution is -0.184. The molecule has 0 spiro atoms. The fourth-order valence-electron chi connectivity index (χ4n) is 4.29. The molecule has 2 aliphatic rings. The second-order valence-electron chi connectivity index (χ2n) is 8.50. The van der Waals surface area contributed by atoms with E-state index in [1.165, 1.54) is 5.70 Å². The van der Waals surface area contributed by atoms with E-state index in [-0.39, 0.29) is 38.4 Å². The molecule has 1 N–H and O–H groups in total. The SMILES string of the molecule is CC1=CCC=C(c2ccc3cnc(NC(=O)CN4CCC(C(F)(F)F)CC4)cc3c2)N1C. The number of carbonyl (C=O) groups excluding carboxylic acids is 1. The van der Waals surface area contributed by atoms with E-state index >= 15 is 0 Å². The number of benzene rings is 1. The summed E-state index contributed by atoms with van der Waals surface area (Å²) in [4.78, 5) is 20.7. The molecule has 1 amide bonds. The Balaban J connectivity index is 1.41. The van der Waals surface area contributed by atoms with Crippen molar-refractivity contribution in [3.8, 4) is 0 Å². The van der Waals surface area contributed by atoms with Crippen molar-refractivity contribution in [2.75, 3.05) is 32.0 Å². The van der Waals surface area contributed by atoms with Gasteiger partial charge in [-0.25, -0.2) is 4.98 Å². The molecule has 0 unspecified atom stereocenters. The Bertz CT molecular complexity index is 1070. The number of alkyl halides is 3. The number of amides is 1. The standard InChI is InChI=1S/C24H27F3N4O/c1-16-4-3-5-21(30(16)2)17-6-7-18-14-28-22(13-19(18)12-17)29-23(32)15-31-10-8-20(9-11-31)24(25,26)27/h4-7,12-14,20H,3,8-11,15H2,1-2H3,(H,28,29,32). The number of allylic oxidation sites excluding steroid dienone is 3. The van der Waals surface area contributed by atoms with Gasteiger partial charge in [0.2, 0.25) is 5.91 Å². The quantitative estimate of drug-likeness (QED) is 0.719. The van der Waals surface area contributed by atoms with Gasteiger partial charge in [0.25, 0.3) is 0 Å². The van der Waals surface area contributed by atoms with Crippen LogP contribution in [-0.4, -0.2) is 53.5 Å². The summed E-state index contributed by atoms with van der Waals surface area (Å²) in [5, 5.41) is 4.71. The zero-order valence-electron chi connectivity index (χ0n) is 18.2. The van der Waals surface area contributed by atoms with E-state index in [1.54, 1.807) is 11.1 Å². The van der Waals surface area contributed by atoms with Crippen molar-refractivity contribution in [2.45, 2.75) is 32.4 Å². The van der Waals surface area contributed by atoms with Gasteiger partial charge in [-0.05, 0) is 62.4 Å². The Hall–Kier alpha value is -2.87. The molecular formula is C24H27F3N4O. The van der Waals surface area contributed by atoms with Crippen molar-refractivity contribution in [3.63, 3.8) is 0 Å². The number of rotatable bonds is 4. The van der Waals surface area contributed by atoms with Gasteiger partial charge < -0.3 is 10.2 Å². The van der Waals surface area contributed by atoms with Crippen LogP contribution in [0, 0.1) is 5.92 Å². The third-order valence-corrected chi connectivity index (χ3v) is 6.32. The number of aromatic nitrogens is 1. The Kier molecular flexibility index (Phi) is 6.24. The number of fused-ring (bicyclic) bond motifs is 1. The summed E-state index contributed by atoms with van der Waals surface area (Å²) < 4.78 is 38.5. The fraction of sp³-hybridized carbons (Fsp3) is 0.417. The molecule has 2 aliphatic heterocycles. The fourth-order valence-corrected chi connectivity index (χ4v) is 4.29. The highest BCUT2D eigenvalue weighted by atomic mass is 19.4. The van der Waals surface area contributed by atoms with E-state index in [2.05, 4.69) is 46.4 Å². The smallest absolute Gasteiger partial charge is 0.349 e. The monoisotopic (exact) mass is 444 g/mol. The van der Waals surface area contributed by atoms with Crippen molar-refractivity contribution in [2.24, 2.45) is 5.92 Å². The van der Waals surface area contributed by atoms with Crippen LogP contribution in [0.25, 0.3) is 16.5 Å². The number of nitrogens with one attached hydrogen (secondary N) is 1. The number of anilines is 1. The number of hydrogen-bond donors (Lipinski definition) is 1. The molecule has 3 heterocycles. The predicted molar refractivity (Wildman–Crippen MR) is 120 cm³/mol. The van der Waals surface area contributed by atoms with E-state index in [0.29, 0.717) is 5.82 Å². The van der Waals surface area contributed by atoms with Gasteiger partial charge in [-0.1, -0.05) is 24.3 Å². The molecule has 5 nitrogen and oxygen atoms in total. The number of piperidine rings is 1. The van der Waals surface area contributed by atoms with Crippen LogP contribution < -0.4 is 5.32 Å². The lowest BCUT2D eigenvalue weighted by Gasteiger charge is -2.32. The molecule has 170 valence electrons. The molecule has 1 fully saturated rings. The topological polar surface area (TPSA) is 48.5 Å². The second kappa shape index (κ2) is 8.94. The van der Waals surface area contributed by atoms with E-state index in [0.717, 1.165) is 28.5 Å². The van der Waals surface area contributed by atoms with E-state index in [9.17, 15) is 18.0 Å². The Morgan fingerprint density at radius 2 is 1.91 bits per heavy atom. The second-order valence-corrected chi connectivity index (χ2v) is 8.50. The minimum absolute atomic E-state index is 0.0345. The zero-order valence-corrected chi connectivity index (χ0v) is 18.2. The molecular weight excluding hydrogens is 417 g/mol. The van der Waals surface area contributed by atoms with Gasteiger partial charge in [-0.15, -0.1) is 0 Å². The molecule has 4 rings (SSSR count). The van der Waals surface area contributed by atoms with E-state index < -0.39 is 12.1 Å². The number of carbonyl (C=O) groups is 1. The first-order chi connectivity index (χ1) is 15.2. The van der Waals surface area contributed by atoms with Crippen LogP contribution in [0.5, 0.6) is 0 Å². The maximum absolute atomic E-state index is 12.8. The van der Waals surface area contributed by atoms with Crippen LogP contribution in [0.1, 0.15) is 31.7 Å². The number of nitrogens with zero attached hydrogens (tertiary/aromatic N) is 3. The predicted octanol–water partition coefficient (Wildman–Crippen LogP) is 5.03. The first-order valence-corrected chi connectivity index (χ1v) is 10.8. The lowest BCUT2D eigenvalue weighted by atomic mass is 9.96. The molecule has 0 bridgehead atoms. The molecule has 1 saturated heterocycles.